The molecule has 2 rings (SSSR count). The van der Waals surface area contributed by atoms with E-state index >= 15 is 0 Å². The van der Waals surface area contributed by atoms with Crippen LogP contribution in [0.5, 0.6) is 5.75 Å². The van der Waals surface area contributed by atoms with E-state index in [2.05, 4.69) is 11.6 Å². The maximum Gasteiger partial charge on any atom is 0.240 e. The zero-order valence-corrected chi connectivity index (χ0v) is 11.8. The van der Waals surface area contributed by atoms with Crippen molar-refractivity contribution in [2.24, 2.45) is 5.41 Å². The van der Waals surface area contributed by atoms with Gasteiger partial charge in [-0.2, -0.15) is 0 Å². The van der Waals surface area contributed by atoms with Gasteiger partial charge in [-0.3, -0.25) is 0 Å². The van der Waals surface area contributed by atoms with Crippen LogP contribution in [0.1, 0.15) is 32.6 Å². The van der Waals surface area contributed by atoms with Crippen molar-refractivity contribution in [1.29, 1.82) is 0 Å². The third kappa shape index (κ3) is 2.84. The van der Waals surface area contributed by atoms with Crippen LogP contribution in [0.3, 0.4) is 0 Å². The molecule has 1 aromatic rings. The lowest BCUT2D eigenvalue weighted by molar-refractivity contribution is 0.133. The summed E-state index contributed by atoms with van der Waals surface area (Å²) in [6, 6.07) is 3.92. The van der Waals surface area contributed by atoms with Crippen LogP contribution in [0.2, 0.25) is 0 Å². The van der Waals surface area contributed by atoms with Crippen molar-refractivity contribution in [3.05, 3.63) is 18.2 Å². The second-order valence-electron chi connectivity index (χ2n) is 5.25. The van der Waals surface area contributed by atoms with Crippen LogP contribution in [0, 0.1) is 5.41 Å². The molecule has 1 aliphatic rings. The van der Waals surface area contributed by atoms with E-state index in [9.17, 15) is 13.5 Å². The number of sulfonamides is 1. The van der Waals surface area contributed by atoms with E-state index < -0.39 is 10.0 Å². The quantitative estimate of drug-likeness (QED) is 0.568. The van der Waals surface area contributed by atoms with E-state index in [1.54, 1.807) is 0 Å². The van der Waals surface area contributed by atoms with Gasteiger partial charge in [0.1, 0.15) is 5.75 Å². The van der Waals surface area contributed by atoms with Crippen molar-refractivity contribution < 1.29 is 13.5 Å². The summed E-state index contributed by atoms with van der Waals surface area (Å²) in [7, 11) is -3.56. The molecule has 4 N–H and O–H groups in total. The minimum absolute atomic E-state index is 0.0664. The zero-order chi connectivity index (χ0) is 14.1. The molecular weight excluding hydrogens is 264 g/mol. The molecule has 6 heteroatoms. The maximum atomic E-state index is 12.2. The molecule has 0 bridgehead atoms. The topological polar surface area (TPSA) is 92.4 Å². The standard InChI is InChI=1S/C13H20N2O3S/c1-2-13(6-3-7-13)9-15-19(17,18)10-4-5-12(16)11(14)8-10/h4-5,8,15-16H,2-3,6-7,9,14H2,1H3. The monoisotopic (exact) mass is 284 g/mol. The molecule has 19 heavy (non-hydrogen) atoms. The fourth-order valence-electron chi connectivity index (χ4n) is 2.36. The summed E-state index contributed by atoms with van der Waals surface area (Å²) in [5.74, 6) is -0.108. The number of rotatable bonds is 5. The maximum absolute atomic E-state index is 12.2. The number of anilines is 1. The Morgan fingerprint density at radius 1 is 1.42 bits per heavy atom. The molecule has 106 valence electrons. The van der Waals surface area contributed by atoms with Crippen LogP contribution >= 0.6 is 0 Å². The second kappa shape index (κ2) is 5.02. The van der Waals surface area contributed by atoms with Crippen LogP contribution in [0.25, 0.3) is 0 Å². The lowest BCUT2D eigenvalue weighted by atomic mass is 9.67. The number of phenolic OH excluding ortho intramolecular Hbond substituents is 1. The molecule has 0 amide bonds. The molecule has 0 unspecified atom stereocenters. The van der Waals surface area contributed by atoms with Crippen molar-refractivity contribution in [3.63, 3.8) is 0 Å². The zero-order valence-electron chi connectivity index (χ0n) is 11.0. The molecule has 0 saturated heterocycles. The number of nitrogens with two attached hydrogens (primary N) is 1. The van der Waals surface area contributed by atoms with Crippen LogP contribution in [-0.4, -0.2) is 20.1 Å². The van der Waals surface area contributed by atoms with Crippen LogP contribution in [0.15, 0.2) is 23.1 Å². The largest absolute Gasteiger partial charge is 0.506 e. The van der Waals surface area contributed by atoms with Gasteiger partial charge in [-0.05, 0) is 42.9 Å². The van der Waals surface area contributed by atoms with Gasteiger partial charge in [-0.25, -0.2) is 13.1 Å². The Labute approximate surface area is 113 Å². The number of nitrogen functional groups attached to an aromatic ring is 1. The third-order valence-electron chi connectivity index (χ3n) is 4.11. The van der Waals surface area contributed by atoms with Crippen molar-refractivity contribution in [1.82, 2.24) is 4.72 Å². The second-order valence-corrected chi connectivity index (χ2v) is 7.02. The van der Waals surface area contributed by atoms with Gasteiger partial charge >= 0.3 is 0 Å². The van der Waals surface area contributed by atoms with Crippen LogP contribution in [-0.2, 0) is 10.0 Å². The van der Waals surface area contributed by atoms with Crippen molar-refractivity contribution >= 4 is 15.7 Å². The van der Waals surface area contributed by atoms with Gasteiger partial charge in [0, 0.05) is 6.54 Å². The van der Waals surface area contributed by atoms with Gasteiger partial charge in [-0.15, -0.1) is 0 Å². The first-order chi connectivity index (χ1) is 8.88. The molecular formula is C13H20N2O3S. The SMILES string of the molecule is CCC1(CNS(=O)(=O)c2ccc(O)c(N)c2)CCC1. The number of benzene rings is 1. The van der Waals surface area contributed by atoms with E-state index in [1.165, 1.54) is 24.6 Å². The first kappa shape index (κ1) is 14.1. The summed E-state index contributed by atoms with van der Waals surface area (Å²) < 4.78 is 27.0. The highest BCUT2D eigenvalue weighted by Gasteiger charge is 2.36. The number of hydrogen-bond donors (Lipinski definition) is 3. The van der Waals surface area contributed by atoms with Gasteiger partial charge in [0.2, 0.25) is 10.0 Å². The van der Waals surface area contributed by atoms with Crippen LogP contribution in [0.4, 0.5) is 5.69 Å². The van der Waals surface area contributed by atoms with E-state index in [0.29, 0.717) is 6.54 Å². The summed E-state index contributed by atoms with van der Waals surface area (Å²) in [6.07, 6.45) is 4.29. The van der Waals surface area contributed by atoms with Crippen molar-refractivity contribution in [2.45, 2.75) is 37.5 Å². The van der Waals surface area contributed by atoms with E-state index in [0.717, 1.165) is 19.3 Å². The Morgan fingerprint density at radius 3 is 2.58 bits per heavy atom. The summed E-state index contributed by atoms with van der Waals surface area (Å²) in [5.41, 5.74) is 5.71. The number of nitrogens with one attached hydrogen (secondary N) is 1. The minimum atomic E-state index is -3.56. The minimum Gasteiger partial charge on any atom is -0.506 e. The Kier molecular flexibility index (Phi) is 3.73. The van der Waals surface area contributed by atoms with Gasteiger partial charge < -0.3 is 10.8 Å². The van der Waals surface area contributed by atoms with Gasteiger partial charge in [-0.1, -0.05) is 13.3 Å². The Balaban J connectivity index is 2.11. The molecule has 1 saturated carbocycles. The molecule has 0 aliphatic heterocycles. The Hall–Kier alpha value is -1.27. The predicted molar refractivity (Wildman–Crippen MR) is 74.3 cm³/mol. The van der Waals surface area contributed by atoms with E-state index in [4.69, 9.17) is 5.73 Å². The molecule has 0 atom stereocenters. The first-order valence-corrected chi connectivity index (χ1v) is 7.95. The normalized spacial score (nSPS) is 17.9. The molecule has 5 nitrogen and oxygen atoms in total. The molecule has 1 aliphatic carbocycles. The highest BCUT2D eigenvalue weighted by molar-refractivity contribution is 7.89. The molecule has 0 radical (unpaired) electrons. The Morgan fingerprint density at radius 2 is 2.11 bits per heavy atom. The molecule has 1 aromatic carbocycles. The van der Waals surface area contributed by atoms with Gasteiger partial charge in [0.25, 0.3) is 0 Å². The van der Waals surface area contributed by atoms with Crippen molar-refractivity contribution in [2.75, 3.05) is 12.3 Å². The predicted octanol–water partition coefficient (Wildman–Crippen LogP) is 1.83. The van der Waals surface area contributed by atoms with Gasteiger partial charge in [0.15, 0.2) is 0 Å². The summed E-state index contributed by atoms with van der Waals surface area (Å²) in [5, 5.41) is 9.31. The summed E-state index contributed by atoms with van der Waals surface area (Å²) in [6.45, 7) is 2.55. The molecule has 0 spiro atoms. The summed E-state index contributed by atoms with van der Waals surface area (Å²) >= 11 is 0. The van der Waals surface area contributed by atoms with Gasteiger partial charge in [0.05, 0.1) is 10.6 Å². The smallest absolute Gasteiger partial charge is 0.240 e. The first-order valence-electron chi connectivity index (χ1n) is 6.47. The molecule has 0 aromatic heterocycles. The average molecular weight is 284 g/mol. The third-order valence-corrected chi connectivity index (χ3v) is 5.51. The van der Waals surface area contributed by atoms with Crippen molar-refractivity contribution in [3.8, 4) is 5.75 Å². The van der Waals surface area contributed by atoms with Crippen LogP contribution < -0.4 is 10.5 Å². The number of phenols is 1. The fourth-order valence-corrected chi connectivity index (χ4v) is 3.56. The Bertz CT molecular complexity index is 560. The van der Waals surface area contributed by atoms with E-state index in [-0.39, 0.29) is 21.7 Å². The highest BCUT2D eigenvalue weighted by atomic mass is 32.2. The lowest BCUT2D eigenvalue weighted by Crippen LogP contribution is -2.41. The number of hydrogen-bond acceptors (Lipinski definition) is 4. The lowest BCUT2D eigenvalue weighted by Gasteiger charge is -2.41. The molecule has 0 heterocycles. The fraction of sp³-hybridized carbons (Fsp3) is 0.538. The molecule has 1 fully saturated rings. The number of aromatic hydroxyl groups is 1. The average Bonchev–Trinajstić information content (AvgIpc) is 2.31. The highest BCUT2D eigenvalue weighted by Crippen LogP contribution is 2.43. The summed E-state index contributed by atoms with van der Waals surface area (Å²) in [4.78, 5) is 0.0911. The van der Waals surface area contributed by atoms with E-state index in [1.807, 2.05) is 0 Å².